The molecule has 0 aromatic heterocycles. The summed E-state index contributed by atoms with van der Waals surface area (Å²) >= 11 is 0. The SMILES string of the molecule is C=CCCOCCNCC(C)(O)C(=O)OC. The van der Waals surface area contributed by atoms with Gasteiger partial charge >= 0.3 is 5.97 Å². The summed E-state index contributed by atoms with van der Waals surface area (Å²) in [4.78, 5) is 11.1. The van der Waals surface area contributed by atoms with Gasteiger partial charge in [-0.25, -0.2) is 4.79 Å². The van der Waals surface area contributed by atoms with Gasteiger partial charge in [-0.2, -0.15) is 0 Å². The highest BCUT2D eigenvalue weighted by Crippen LogP contribution is 2.03. The van der Waals surface area contributed by atoms with Crippen LogP contribution in [0.3, 0.4) is 0 Å². The molecule has 16 heavy (non-hydrogen) atoms. The Morgan fingerprint density at radius 3 is 2.81 bits per heavy atom. The number of hydrogen-bond acceptors (Lipinski definition) is 5. The lowest BCUT2D eigenvalue weighted by Gasteiger charge is -2.20. The van der Waals surface area contributed by atoms with E-state index in [4.69, 9.17) is 4.74 Å². The Morgan fingerprint density at radius 1 is 1.56 bits per heavy atom. The number of rotatable bonds is 9. The highest BCUT2D eigenvalue weighted by molar-refractivity contribution is 5.78. The predicted octanol–water partition coefficient (Wildman–Crippen LogP) is 0.0927. The van der Waals surface area contributed by atoms with Gasteiger partial charge in [0.1, 0.15) is 0 Å². The van der Waals surface area contributed by atoms with Gasteiger partial charge < -0.3 is 19.9 Å². The Balaban J connectivity index is 3.50. The van der Waals surface area contributed by atoms with Crippen LogP contribution in [0.2, 0.25) is 0 Å². The Morgan fingerprint density at radius 2 is 2.25 bits per heavy atom. The summed E-state index contributed by atoms with van der Waals surface area (Å²) in [5.41, 5.74) is -1.49. The molecule has 0 aliphatic carbocycles. The first-order chi connectivity index (χ1) is 7.54. The van der Waals surface area contributed by atoms with Crippen molar-refractivity contribution in [2.75, 3.05) is 33.4 Å². The molecule has 5 nitrogen and oxygen atoms in total. The Kier molecular flexibility index (Phi) is 7.80. The third-order valence-corrected chi connectivity index (χ3v) is 1.98. The summed E-state index contributed by atoms with van der Waals surface area (Å²) in [5, 5.41) is 12.5. The number of nitrogens with one attached hydrogen (secondary N) is 1. The van der Waals surface area contributed by atoms with E-state index in [-0.39, 0.29) is 6.54 Å². The topological polar surface area (TPSA) is 67.8 Å². The molecular formula is C11H21NO4. The molecule has 0 spiro atoms. The molecule has 94 valence electrons. The second-order valence-electron chi connectivity index (χ2n) is 3.63. The minimum atomic E-state index is -1.49. The quantitative estimate of drug-likeness (QED) is 0.334. The van der Waals surface area contributed by atoms with E-state index in [2.05, 4.69) is 16.6 Å². The number of carbonyl (C=O) groups excluding carboxylic acids is 1. The molecule has 0 heterocycles. The van der Waals surface area contributed by atoms with Gasteiger partial charge in [-0.15, -0.1) is 6.58 Å². The summed E-state index contributed by atoms with van der Waals surface area (Å²) in [6.07, 6.45) is 2.61. The largest absolute Gasteiger partial charge is 0.467 e. The molecule has 0 bridgehead atoms. The Labute approximate surface area is 96.4 Å². The number of carbonyl (C=O) groups is 1. The molecule has 0 aromatic carbocycles. The average molecular weight is 231 g/mol. The fourth-order valence-electron chi connectivity index (χ4n) is 1.04. The second kappa shape index (κ2) is 8.27. The van der Waals surface area contributed by atoms with E-state index in [9.17, 15) is 9.90 Å². The highest BCUT2D eigenvalue weighted by atomic mass is 16.5. The molecule has 1 unspecified atom stereocenters. The zero-order chi connectivity index (χ0) is 12.4. The number of aliphatic hydroxyl groups is 1. The van der Waals surface area contributed by atoms with Gasteiger partial charge in [0, 0.05) is 13.1 Å². The third kappa shape index (κ3) is 6.55. The molecule has 0 saturated carbocycles. The molecule has 0 fully saturated rings. The van der Waals surface area contributed by atoms with Crippen LogP contribution in [0.5, 0.6) is 0 Å². The molecule has 0 aliphatic heterocycles. The van der Waals surface area contributed by atoms with Gasteiger partial charge in [0.25, 0.3) is 0 Å². The maximum absolute atomic E-state index is 11.1. The van der Waals surface area contributed by atoms with Gasteiger partial charge in [0.15, 0.2) is 5.60 Å². The molecule has 0 saturated heterocycles. The van der Waals surface area contributed by atoms with Gasteiger partial charge in [-0.05, 0) is 13.3 Å². The van der Waals surface area contributed by atoms with Crippen LogP contribution in [-0.4, -0.2) is 50.1 Å². The molecule has 0 aromatic rings. The highest BCUT2D eigenvalue weighted by Gasteiger charge is 2.30. The standard InChI is InChI=1S/C11H21NO4/c1-4-5-7-16-8-6-12-9-11(2,14)10(13)15-3/h4,12,14H,1,5-9H2,2-3H3. The molecule has 0 rings (SSSR count). The molecule has 0 radical (unpaired) electrons. The van der Waals surface area contributed by atoms with Crippen molar-refractivity contribution in [2.24, 2.45) is 0 Å². The van der Waals surface area contributed by atoms with E-state index in [1.54, 1.807) is 6.08 Å². The van der Waals surface area contributed by atoms with E-state index in [1.807, 2.05) is 0 Å². The fraction of sp³-hybridized carbons (Fsp3) is 0.727. The minimum Gasteiger partial charge on any atom is -0.467 e. The fourth-order valence-corrected chi connectivity index (χ4v) is 1.04. The zero-order valence-corrected chi connectivity index (χ0v) is 9.99. The van der Waals surface area contributed by atoms with Crippen molar-refractivity contribution in [1.29, 1.82) is 0 Å². The first-order valence-electron chi connectivity index (χ1n) is 5.24. The number of hydrogen-bond donors (Lipinski definition) is 2. The van der Waals surface area contributed by atoms with Crippen molar-refractivity contribution >= 4 is 5.97 Å². The number of esters is 1. The number of methoxy groups -OCH3 is 1. The van der Waals surface area contributed by atoms with Crippen molar-refractivity contribution in [3.63, 3.8) is 0 Å². The van der Waals surface area contributed by atoms with Crippen LogP contribution in [0.15, 0.2) is 12.7 Å². The summed E-state index contributed by atoms with van der Waals surface area (Å²) in [5.74, 6) is -0.646. The normalized spacial score (nSPS) is 14.2. The Bertz CT molecular complexity index is 216. The van der Waals surface area contributed by atoms with E-state index in [0.717, 1.165) is 6.42 Å². The van der Waals surface area contributed by atoms with E-state index < -0.39 is 11.6 Å². The van der Waals surface area contributed by atoms with E-state index >= 15 is 0 Å². The lowest BCUT2D eigenvalue weighted by atomic mass is 10.1. The molecular weight excluding hydrogens is 210 g/mol. The van der Waals surface area contributed by atoms with Gasteiger partial charge in [0.05, 0.1) is 20.3 Å². The lowest BCUT2D eigenvalue weighted by molar-refractivity contribution is -0.159. The first kappa shape index (κ1) is 15.1. The van der Waals surface area contributed by atoms with Crippen LogP contribution in [0, 0.1) is 0 Å². The van der Waals surface area contributed by atoms with Gasteiger partial charge in [0.2, 0.25) is 0 Å². The maximum Gasteiger partial charge on any atom is 0.338 e. The van der Waals surface area contributed by atoms with Gasteiger partial charge in [-0.3, -0.25) is 0 Å². The van der Waals surface area contributed by atoms with Crippen LogP contribution in [0.25, 0.3) is 0 Å². The molecule has 0 aliphatic rings. The van der Waals surface area contributed by atoms with Crippen LogP contribution in [0.4, 0.5) is 0 Å². The van der Waals surface area contributed by atoms with Gasteiger partial charge in [-0.1, -0.05) is 6.08 Å². The minimum absolute atomic E-state index is 0.143. The second-order valence-corrected chi connectivity index (χ2v) is 3.63. The van der Waals surface area contributed by atoms with E-state index in [0.29, 0.717) is 19.8 Å². The zero-order valence-electron chi connectivity index (χ0n) is 9.99. The maximum atomic E-state index is 11.1. The monoisotopic (exact) mass is 231 g/mol. The van der Waals surface area contributed by atoms with Crippen molar-refractivity contribution in [2.45, 2.75) is 18.9 Å². The lowest BCUT2D eigenvalue weighted by Crippen LogP contribution is -2.46. The van der Waals surface area contributed by atoms with Crippen molar-refractivity contribution in [1.82, 2.24) is 5.32 Å². The molecule has 5 heteroatoms. The molecule has 2 N–H and O–H groups in total. The van der Waals surface area contributed by atoms with Crippen LogP contribution < -0.4 is 5.32 Å². The molecule has 0 amide bonds. The summed E-state index contributed by atoms with van der Waals surface area (Å²) in [6, 6.07) is 0. The smallest absolute Gasteiger partial charge is 0.338 e. The van der Waals surface area contributed by atoms with Crippen molar-refractivity contribution in [3.8, 4) is 0 Å². The number of ether oxygens (including phenoxy) is 2. The molecule has 1 atom stereocenters. The first-order valence-corrected chi connectivity index (χ1v) is 5.24. The van der Waals surface area contributed by atoms with Crippen LogP contribution in [0.1, 0.15) is 13.3 Å². The summed E-state index contributed by atoms with van der Waals surface area (Å²) in [6.45, 7) is 6.87. The third-order valence-electron chi connectivity index (χ3n) is 1.98. The van der Waals surface area contributed by atoms with Crippen LogP contribution >= 0.6 is 0 Å². The average Bonchev–Trinajstić information content (AvgIpc) is 2.26. The summed E-state index contributed by atoms with van der Waals surface area (Å²) < 4.78 is 9.70. The Hall–Kier alpha value is -0.910. The predicted molar refractivity (Wildman–Crippen MR) is 61.1 cm³/mol. The van der Waals surface area contributed by atoms with Crippen molar-refractivity contribution in [3.05, 3.63) is 12.7 Å². The summed E-state index contributed by atoms with van der Waals surface area (Å²) in [7, 11) is 1.25. The van der Waals surface area contributed by atoms with E-state index in [1.165, 1.54) is 14.0 Å². The van der Waals surface area contributed by atoms with Crippen molar-refractivity contribution < 1.29 is 19.4 Å². The van der Waals surface area contributed by atoms with Crippen LogP contribution in [-0.2, 0) is 14.3 Å².